The van der Waals surface area contributed by atoms with Gasteiger partial charge in [-0.2, -0.15) is 0 Å². The smallest absolute Gasteiger partial charge is 0.304 e. The summed E-state index contributed by atoms with van der Waals surface area (Å²) in [6.07, 6.45) is 1.82. The van der Waals surface area contributed by atoms with Gasteiger partial charge < -0.3 is 4.74 Å². The number of ether oxygens (including phenoxy) is 1. The Bertz CT molecular complexity index is 84.1. The van der Waals surface area contributed by atoms with Crippen molar-refractivity contribution in [2.75, 3.05) is 6.26 Å². The predicted octanol–water partition coefficient (Wildman–Crippen LogP) is 1.13. The lowest BCUT2D eigenvalue weighted by Gasteiger charge is -2.05. The standard InChI is InChI=1S/C4H8O2S2/c1-3(5)6-4(7)8-2/h4,7H,1-2H3. The van der Waals surface area contributed by atoms with Crippen molar-refractivity contribution in [1.29, 1.82) is 0 Å². The molecule has 0 aromatic rings. The van der Waals surface area contributed by atoms with Crippen molar-refractivity contribution in [1.82, 2.24) is 0 Å². The van der Waals surface area contributed by atoms with E-state index in [-0.39, 0.29) is 10.7 Å². The SMILES string of the molecule is CSC(S)OC(C)=O. The van der Waals surface area contributed by atoms with Crippen LogP contribution in [-0.2, 0) is 9.53 Å². The van der Waals surface area contributed by atoms with Gasteiger partial charge in [0.15, 0.2) is 4.77 Å². The Morgan fingerprint density at radius 3 is 2.50 bits per heavy atom. The third-order valence-corrected chi connectivity index (χ3v) is 1.71. The zero-order valence-electron chi connectivity index (χ0n) is 4.75. The first kappa shape index (κ1) is 8.17. The van der Waals surface area contributed by atoms with E-state index in [2.05, 4.69) is 17.4 Å². The van der Waals surface area contributed by atoms with Crippen LogP contribution in [0.4, 0.5) is 0 Å². The number of thiol groups is 1. The first-order valence-electron chi connectivity index (χ1n) is 2.05. The maximum absolute atomic E-state index is 10.1. The molecule has 8 heavy (non-hydrogen) atoms. The molecule has 0 fully saturated rings. The van der Waals surface area contributed by atoms with Crippen LogP contribution in [0.25, 0.3) is 0 Å². The minimum absolute atomic E-state index is 0.292. The molecular weight excluding hydrogens is 144 g/mol. The number of carbonyl (C=O) groups excluding carboxylic acids is 1. The van der Waals surface area contributed by atoms with Crippen molar-refractivity contribution in [2.45, 2.75) is 11.7 Å². The lowest BCUT2D eigenvalue weighted by molar-refractivity contribution is -0.139. The number of rotatable bonds is 2. The second-order valence-electron chi connectivity index (χ2n) is 1.15. The lowest BCUT2D eigenvalue weighted by Crippen LogP contribution is -2.04. The molecule has 0 aromatic carbocycles. The average Bonchev–Trinajstić information content (AvgIpc) is 1.65. The van der Waals surface area contributed by atoms with E-state index in [0.29, 0.717) is 0 Å². The highest BCUT2D eigenvalue weighted by Crippen LogP contribution is 2.11. The molecule has 2 nitrogen and oxygen atoms in total. The first-order valence-corrected chi connectivity index (χ1v) is 3.85. The van der Waals surface area contributed by atoms with Gasteiger partial charge in [0.05, 0.1) is 0 Å². The lowest BCUT2D eigenvalue weighted by atomic mass is 10.8. The van der Waals surface area contributed by atoms with E-state index in [1.165, 1.54) is 18.7 Å². The molecule has 0 bridgehead atoms. The third kappa shape index (κ3) is 4.33. The Kier molecular flexibility index (Phi) is 4.18. The Morgan fingerprint density at radius 2 is 2.38 bits per heavy atom. The summed E-state index contributed by atoms with van der Waals surface area (Å²) >= 11 is 5.26. The van der Waals surface area contributed by atoms with Gasteiger partial charge in [-0.15, -0.1) is 24.4 Å². The van der Waals surface area contributed by atoms with E-state index in [1.54, 1.807) is 0 Å². The summed E-state index contributed by atoms with van der Waals surface area (Å²) in [7, 11) is 0. The van der Waals surface area contributed by atoms with Gasteiger partial charge in [0.2, 0.25) is 0 Å². The summed E-state index contributed by atoms with van der Waals surface area (Å²) in [5, 5.41) is 0. The highest BCUT2D eigenvalue weighted by molar-refractivity contribution is 8.09. The van der Waals surface area contributed by atoms with Crippen molar-refractivity contribution < 1.29 is 9.53 Å². The molecule has 0 heterocycles. The number of hydrogen-bond donors (Lipinski definition) is 1. The molecular formula is C4H8O2S2. The van der Waals surface area contributed by atoms with Crippen molar-refractivity contribution in [3.63, 3.8) is 0 Å². The molecule has 0 amide bonds. The van der Waals surface area contributed by atoms with E-state index in [4.69, 9.17) is 0 Å². The molecule has 48 valence electrons. The maximum Gasteiger partial charge on any atom is 0.304 e. The molecule has 0 aliphatic rings. The molecule has 0 aliphatic heterocycles. The van der Waals surface area contributed by atoms with E-state index in [0.717, 1.165) is 0 Å². The average molecular weight is 152 g/mol. The molecule has 0 aliphatic carbocycles. The predicted molar refractivity (Wildman–Crippen MR) is 38.1 cm³/mol. The molecule has 1 unspecified atom stereocenters. The normalized spacial score (nSPS) is 12.9. The third-order valence-electron chi connectivity index (χ3n) is 0.468. The Balaban J connectivity index is 3.24. The molecule has 0 aromatic heterocycles. The van der Waals surface area contributed by atoms with E-state index in [1.807, 2.05) is 6.26 Å². The van der Waals surface area contributed by atoms with Crippen molar-refractivity contribution in [2.24, 2.45) is 0 Å². The van der Waals surface area contributed by atoms with Crippen molar-refractivity contribution >= 4 is 30.4 Å². The monoisotopic (exact) mass is 152 g/mol. The molecule has 1 atom stereocenters. The van der Waals surface area contributed by atoms with Crippen molar-refractivity contribution in [3.8, 4) is 0 Å². The zero-order chi connectivity index (χ0) is 6.57. The fourth-order valence-corrected chi connectivity index (χ4v) is 0.570. The summed E-state index contributed by atoms with van der Waals surface area (Å²) in [6.45, 7) is 1.36. The van der Waals surface area contributed by atoms with Gasteiger partial charge in [-0.25, -0.2) is 0 Å². The van der Waals surface area contributed by atoms with E-state index in [9.17, 15) is 4.79 Å². The summed E-state index contributed by atoms with van der Waals surface area (Å²) < 4.78 is 4.28. The second kappa shape index (κ2) is 4.09. The number of carbonyl (C=O) groups is 1. The van der Waals surface area contributed by atoms with Crippen LogP contribution in [0.1, 0.15) is 6.92 Å². The first-order chi connectivity index (χ1) is 3.66. The summed E-state index contributed by atoms with van der Waals surface area (Å²) in [5.74, 6) is -0.292. The second-order valence-corrected chi connectivity index (χ2v) is 2.87. The molecule has 0 N–H and O–H groups in total. The van der Waals surface area contributed by atoms with Crippen LogP contribution < -0.4 is 0 Å². The summed E-state index contributed by atoms with van der Waals surface area (Å²) in [5.41, 5.74) is 0. The van der Waals surface area contributed by atoms with Crippen LogP contribution in [0.15, 0.2) is 0 Å². The zero-order valence-corrected chi connectivity index (χ0v) is 6.46. The van der Waals surface area contributed by atoms with Gasteiger partial charge in [-0.3, -0.25) is 4.79 Å². The van der Waals surface area contributed by atoms with Gasteiger partial charge in [-0.05, 0) is 6.26 Å². The Hall–Kier alpha value is 0.170. The van der Waals surface area contributed by atoms with Crippen LogP contribution in [0.2, 0.25) is 0 Å². The van der Waals surface area contributed by atoms with E-state index >= 15 is 0 Å². The summed E-state index contributed by atoms with van der Waals surface area (Å²) in [6, 6.07) is 0. The van der Waals surface area contributed by atoms with Gasteiger partial charge in [-0.1, -0.05) is 0 Å². The molecule has 0 radical (unpaired) electrons. The highest BCUT2D eigenvalue weighted by Gasteiger charge is 2.00. The van der Waals surface area contributed by atoms with Gasteiger partial charge in [0, 0.05) is 6.92 Å². The number of esters is 1. The molecule has 0 rings (SSSR count). The quantitative estimate of drug-likeness (QED) is 0.365. The Morgan fingerprint density at radius 1 is 1.88 bits per heavy atom. The number of thioether (sulfide) groups is 1. The Labute approximate surface area is 58.4 Å². The minimum atomic E-state index is -0.313. The maximum atomic E-state index is 10.1. The molecule has 0 spiro atoms. The van der Waals surface area contributed by atoms with Crippen LogP contribution in [0, 0.1) is 0 Å². The van der Waals surface area contributed by atoms with Crippen LogP contribution in [0.3, 0.4) is 0 Å². The van der Waals surface area contributed by atoms with Crippen LogP contribution >= 0.6 is 24.4 Å². The fraction of sp³-hybridized carbons (Fsp3) is 0.750. The number of hydrogen-bond acceptors (Lipinski definition) is 4. The van der Waals surface area contributed by atoms with Crippen LogP contribution in [-0.4, -0.2) is 17.0 Å². The van der Waals surface area contributed by atoms with E-state index < -0.39 is 0 Å². The largest absolute Gasteiger partial charge is 0.441 e. The minimum Gasteiger partial charge on any atom is -0.441 e. The molecule has 0 saturated heterocycles. The summed E-state index contributed by atoms with van der Waals surface area (Å²) in [4.78, 5) is 10.1. The topological polar surface area (TPSA) is 26.3 Å². The van der Waals surface area contributed by atoms with Gasteiger partial charge in [0.1, 0.15) is 0 Å². The van der Waals surface area contributed by atoms with Crippen molar-refractivity contribution in [3.05, 3.63) is 0 Å². The van der Waals surface area contributed by atoms with Crippen LogP contribution in [0.5, 0.6) is 0 Å². The molecule has 4 heteroatoms. The van der Waals surface area contributed by atoms with Gasteiger partial charge in [0.25, 0.3) is 0 Å². The molecule has 0 saturated carbocycles. The van der Waals surface area contributed by atoms with Gasteiger partial charge >= 0.3 is 5.97 Å². The highest BCUT2D eigenvalue weighted by atomic mass is 32.2. The fourth-order valence-electron chi connectivity index (χ4n) is 0.190.